The number of likely N-dealkylation sites (tertiary alicyclic amines) is 1. The van der Waals surface area contributed by atoms with E-state index < -0.39 is 44.5 Å². The summed E-state index contributed by atoms with van der Waals surface area (Å²) in [4.78, 5) is 20.1. The summed E-state index contributed by atoms with van der Waals surface area (Å²) >= 11 is 0. The van der Waals surface area contributed by atoms with Crippen LogP contribution in [0.3, 0.4) is 0 Å². The Morgan fingerprint density at radius 3 is 2.54 bits per heavy atom. The first-order chi connectivity index (χ1) is 18.6. The van der Waals surface area contributed by atoms with Gasteiger partial charge in [-0.15, -0.1) is 0 Å². The van der Waals surface area contributed by atoms with E-state index in [1.165, 1.54) is 0 Å². The average molecular weight is 574 g/mol. The van der Waals surface area contributed by atoms with E-state index in [9.17, 15) is 13.8 Å². The minimum Gasteiger partial charge on any atom is -0.350 e. The largest absolute Gasteiger partial charge is 0.454 e. The predicted octanol–water partition coefficient (Wildman–Crippen LogP) is 0.408. The third kappa shape index (κ3) is 5.78. The Balaban J connectivity index is 1.23. The summed E-state index contributed by atoms with van der Waals surface area (Å²) in [6, 6.07) is -1.15. The van der Waals surface area contributed by atoms with Crippen LogP contribution in [0, 0.1) is 5.92 Å². The fourth-order valence-electron chi connectivity index (χ4n) is 7.95. The molecule has 0 aromatic heterocycles. The average Bonchev–Trinajstić information content (AvgIpc) is 3.33. The molecule has 5 heterocycles. The summed E-state index contributed by atoms with van der Waals surface area (Å²) < 4.78 is 45.0. The van der Waals surface area contributed by atoms with Crippen LogP contribution in [0.25, 0.3) is 0 Å². The summed E-state index contributed by atoms with van der Waals surface area (Å²) in [5.41, 5.74) is 12.3. The van der Waals surface area contributed by atoms with Crippen LogP contribution in [0.1, 0.15) is 45.4 Å². The number of halogens is 2. The lowest BCUT2D eigenvalue weighted by molar-refractivity contribution is -0.158. The van der Waals surface area contributed by atoms with Crippen molar-refractivity contribution in [1.29, 1.82) is 0 Å². The van der Waals surface area contributed by atoms with E-state index in [2.05, 4.69) is 36.9 Å². The highest BCUT2D eigenvalue weighted by atomic mass is 31.1. The molecule has 5 rings (SSSR count). The number of carbonyl (C=O) groups excluding carboxylic acids is 1. The third-order valence-corrected chi connectivity index (χ3v) is 12.4. The molecule has 13 heteroatoms. The van der Waals surface area contributed by atoms with Crippen LogP contribution in [-0.2, 0) is 9.36 Å². The maximum atomic E-state index is 15.4. The van der Waals surface area contributed by atoms with Crippen LogP contribution in [0.5, 0.6) is 0 Å². The Hall–Kier alpha value is -0.850. The van der Waals surface area contributed by atoms with Crippen molar-refractivity contribution in [2.24, 2.45) is 17.4 Å². The lowest BCUT2D eigenvalue weighted by Crippen LogP contribution is -2.75. The standard InChI is InChI=1S/C26H47F2N8O2P/c1-3-26-7-6-17(27)16-36(26)20(13-26)22(24(29)30)25(37)32-19-15-31-14-18(28)23(19)34-9-11-35(12-10-34)39(38)21-5-4-8-33(21)2/h17-24,31H,3-16,29-30H2,1-2H3/p+1. The Kier molecular flexibility index (Phi) is 9.25. The Bertz CT molecular complexity index is 896. The number of hydrogen-bond donors (Lipinski definition) is 4. The van der Waals surface area contributed by atoms with E-state index in [1.807, 2.05) is 7.05 Å². The molecule has 9 unspecified atom stereocenters. The molecule has 9 atom stereocenters. The monoisotopic (exact) mass is 573 g/mol. The number of piperazine rings is 1. The second-order valence-corrected chi connectivity index (χ2v) is 14.2. The summed E-state index contributed by atoms with van der Waals surface area (Å²) in [7, 11) is 0.534. The highest BCUT2D eigenvalue weighted by Crippen LogP contribution is 2.49. The summed E-state index contributed by atoms with van der Waals surface area (Å²) in [6.45, 7) is 6.51. The van der Waals surface area contributed by atoms with Crippen molar-refractivity contribution in [3.63, 3.8) is 0 Å². The number of nitrogens with one attached hydrogen (secondary N) is 2. The molecule has 0 bridgehead atoms. The number of nitrogens with two attached hydrogens (primary N) is 2. The van der Waals surface area contributed by atoms with Crippen molar-refractivity contribution in [1.82, 2.24) is 30.0 Å². The van der Waals surface area contributed by atoms with Crippen molar-refractivity contribution >= 4 is 13.9 Å². The number of carbonyl (C=O) groups is 1. The van der Waals surface area contributed by atoms with Gasteiger partial charge in [-0.3, -0.25) is 19.5 Å². The van der Waals surface area contributed by atoms with Crippen LogP contribution >= 0.6 is 7.95 Å². The van der Waals surface area contributed by atoms with Crippen LogP contribution in [0.4, 0.5) is 8.78 Å². The van der Waals surface area contributed by atoms with E-state index in [0.29, 0.717) is 45.7 Å². The summed E-state index contributed by atoms with van der Waals surface area (Å²) in [5.74, 6) is -0.883. The normalized spacial score (nSPS) is 40.2. The van der Waals surface area contributed by atoms with E-state index in [4.69, 9.17) is 11.5 Å². The lowest BCUT2D eigenvalue weighted by atomic mass is 9.66. The third-order valence-electron chi connectivity index (χ3n) is 10.2. The number of piperidine rings is 2. The molecular formula is C26H48F2N8O2P+. The number of hydrogen-bond acceptors (Lipinski definition) is 8. The molecule has 0 aromatic rings. The molecule has 0 spiro atoms. The molecule has 222 valence electrons. The van der Waals surface area contributed by atoms with Gasteiger partial charge < -0.3 is 22.1 Å². The van der Waals surface area contributed by atoms with Crippen molar-refractivity contribution in [2.75, 3.05) is 59.4 Å². The molecule has 39 heavy (non-hydrogen) atoms. The first-order valence-corrected chi connectivity index (χ1v) is 16.2. The molecule has 10 nitrogen and oxygen atoms in total. The van der Waals surface area contributed by atoms with Gasteiger partial charge in [-0.05, 0) is 43.7 Å². The highest BCUT2D eigenvalue weighted by molar-refractivity contribution is 7.42. The molecule has 5 fully saturated rings. The van der Waals surface area contributed by atoms with Gasteiger partial charge in [0.25, 0.3) is 0 Å². The summed E-state index contributed by atoms with van der Waals surface area (Å²) in [6.07, 6.45) is 2.07. The van der Waals surface area contributed by atoms with Gasteiger partial charge in [0.2, 0.25) is 11.7 Å². The smallest absolute Gasteiger partial charge is 0.350 e. The number of rotatable bonds is 8. The van der Waals surface area contributed by atoms with E-state index in [-0.39, 0.29) is 29.8 Å². The lowest BCUT2D eigenvalue weighted by Gasteiger charge is -2.63. The van der Waals surface area contributed by atoms with E-state index in [0.717, 1.165) is 38.6 Å². The predicted molar refractivity (Wildman–Crippen MR) is 148 cm³/mol. The zero-order valence-electron chi connectivity index (χ0n) is 23.5. The van der Waals surface area contributed by atoms with Gasteiger partial charge in [-0.25, -0.2) is 8.78 Å². The van der Waals surface area contributed by atoms with Crippen molar-refractivity contribution in [3.8, 4) is 0 Å². The number of alkyl halides is 2. The van der Waals surface area contributed by atoms with Gasteiger partial charge in [0.05, 0.1) is 37.3 Å². The van der Waals surface area contributed by atoms with Gasteiger partial charge >= 0.3 is 7.95 Å². The Morgan fingerprint density at radius 1 is 1.15 bits per heavy atom. The first kappa shape index (κ1) is 29.6. The Labute approximate surface area is 232 Å². The second-order valence-electron chi connectivity index (χ2n) is 12.4. The topological polar surface area (TPSA) is 123 Å². The molecule has 0 saturated carbocycles. The second kappa shape index (κ2) is 12.2. The van der Waals surface area contributed by atoms with Gasteiger partial charge in [-0.1, -0.05) is 11.6 Å². The number of fused-ring (bicyclic) bond motifs is 1. The molecule has 1 amide bonds. The SMILES string of the molecule is CCC12CCC(F)CN1C(C(C(=O)NC1CNCC(F)C1N1CCN([P+](=O)C3CCCN3C)CC1)C(N)N)C2. The van der Waals surface area contributed by atoms with Crippen molar-refractivity contribution in [3.05, 3.63) is 0 Å². The number of amides is 1. The minimum atomic E-state index is -1.50. The van der Waals surface area contributed by atoms with E-state index in [1.54, 1.807) is 0 Å². The molecule has 5 saturated heterocycles. The van der Waals surface area contributed by atoms with Gasteiger partial charge in [-0.2, -0.15) is 0 Å². The molecule has 0 aromatic carbocycles. The van der Waals surface area contributed by atoms with Crippen LogP contribution in [0.2, 0.25) is 0 Å². The zero-order valence-corrected chi connectivity index (χ0v) is 24.4. The minimum absolute atomic E-state index is 0.0758. The van der Waals surface area contributed by atoms with Crippen LogP contribution in [0.15, 0.2) is 0 Å². The van der Waals surface area contributed by atoms with Gasteiger partial charge in [0, 0.05) is 57.3 Å². The molecule has 5 aliphatic heterocycles. The fraction of sp³-hybridized carbons (Fsp3) is 0.962. The maximum Gasteiger partial charge on any atom is 0.454 e. The molecule has 0 radical (unpaired) electrons. The highest BCUT2D eigenvalue weighted by Gasteiger charge is 2.57. The van der Waals surface area contributed by atoms with E-state index >= 15 is 4.39 Å². The van der Waals surface area contributed by atoms with Crippen LogP contribution in [-0.4, -0.2) is 133 Å². The van der Waals surface area contributed by atoms with Crippen molar-refractivity contribution in [2.45, 2.75) is 93.4 Å². The maximum absolute atomic E-state index is 15.4. The Morgan fingerprint density at radius 2 is 1.90 bits per heavy atom. The van der Waals surface area contributed by atoms with Crippen molar-refractivity contribution < 1.29 is 18.1 Å². The molecular weight excluding hydrogens is 525 g/mol. The molecule has 5 aliphatic rings. The zero-order chi connectivity index (χ0) is 27.9. The number of nitrogens with zero attached hydrogens (tertiary/aromatic N) is 4. The molecule has 0 aliphatic carbocycles. The van der Waals surface area contributed by atoms with Crippen LogP contribution < -0.4 is 22.1 Å². The fourth-order valence-corrected chi connectivity index (χ4v) is 9.75. The quantitative estimate of drug-likeness (QED) is 0.242. The molecule has 6 N–H and O–H groups in total. The first-order valence-electron chi connectivity index (χ1n) is 14.9. The van der Waals surface area contributed by atoms with Gasteiger partial charge in [0.1, 0.15) is 12.3 Å². The van der Waals surface area contributed by atoms with Gasteiger partial charge in [0.15, 0.2) is 0 Å². The summed E-state index contributed by atoms with van der Waals surface area (Å²) in [5, 5.41) is 6.23.